The van der Waals surface area contributed by atoms with Gasteiger partial charge >= 0.3 is 12.5 Å². The average Bonchev–Trinajstić information content (AvgIpc) is 2.06. The van der Waals surface area contributed by atoms with E-state index >= 15 is 0 Å². The van der Waals surface area contributed by atoms with Crippen LogP contribution < -0.4 is 4.68 Å². The van der Waals surface area contributed by atoms with Crippen LogP contribution in [0.5, 0.6) is 0 Å². The minimum absolute atomic E-state index is 0.134. The summed E-state index contributed by atoms with van der Waals surface area (Å²) in [5.74, 6) is 0. The summed E-state index contributed by atoms with van der Waals surface area (Å²) in [6, 6.07) is -4.27. The monoisotopic (exact) mass is 182 g/mol. The Labute approximate surface area is 64.7 Å². The van der Waals surface area contributed by atoms with Crippen LogP contribution in [0.3, 0.4) is 0 Å². The SMILES string of the molecule is FC(F)C(F)(F)[n+]1ccncn1. The lowest BCUT2D eigenvalue weighted by molar-refractivity contribution is -0.878. The molecule has 66 valence electrons. The lowest BCUT2D eigenvalue weighted by Gasteiger charge is -2.05. The van der Waals surface area contributed by atoms with Gasteiger partial charge in [0.15, 0.2) is 6.33 Å². The first-order valence-corrected chi connectivity index (χ1v) is 2.89. The van der Waals surface area contributed by atoms with E-state index in [1.807, 2.05) is 0 Å². The zero-order chi connectivity index (χ0) is 9.19. The maximum absolute atomic E-state index is 12.4. The zero-order valence-electron chi connectivity index (χ0n) is 5.66. The van der Waals surface area contributed by atoms with Gasteiger partial charge in [-0.25, -0.2) is 4.98 Å². The average molecular weight is 182 g/mol. The summed E-state index contributed by atoms with van der Waals surface area (Å²) < 4.78 is 48.0. The second-order valence-electron chi connectivity index (χ2n) is 1.91. The summed E-state index contributed by atoms with van der Waals surface area (Å²) in [6.45, 7) is 0. The number of alkyl halides is 4. The standard InChI is InChI=1S/C5H4F4N3/c6-4(7)5(8,9)12-2-1-10-3-11-12/h1-4H/q+1. The molecule has 0 saturated heterocycles. The number of nitrogens with zero attached hydrogens (tertiary/aromatic N) is 3. The predicted octanol–water partition coefficient (Wildman–Crippen LogP) is 0.579. The van der Waals surface area contributed by atoms with Gasteiger partial charge in [0.1, 0.15) is 0 Å². The molecular formula is C5H4F4N3+. The lowest BCUT2D eigenvalue weighted by atomic mass is 10.6. The Morgan fingerprint density at radius 1 is 1.33 bits per heavy atom. The fourth-order valence-electron chi connectivity index (χ4n) is 0.540. The van der Waals surface area contributed by atoms with Crippen molar-refractivity contribution in [2.75, 3.05) is 0 Å². The van der Waals surface area contributed by atoms with E-state index in [0.717, 1.165) is 12.5 Å². The molecule has 0 unspecified atom stereocenters. The highest BCUT2D eigenvalue weighted by Crippen LogP contribution is 2.20. The third-order valence-corrected chi connectivity index (χ3v) is 1.10. The van der Waals surface area contributed by atoms with Crippen molar-refractivity contribution in [1.29, 1.82) is 0 Å². The van der Waals surface area contributed by atoms with Crippen LogP contribution in [0.4, 0.5) is 17.6 Å². The molecule has 0 radical (unpaired) electrons. The van der Waals surface area contributed by atoms with Gasteiger partial charge in [-0.1, -0.05) is 0 Å². The van der Waals surface area contributed by atoms with E-state index in [1.54, 1.807) is 0 Å². The minimum atomic E-state index is -4.27. The molecule has 0 aliphatic heterocycles. The predicted molar refractivity (Wildman–Crippen MR) is 28.4 cm³/mol. The van der Waals surface area contributed by atoms with Crippen molar-refractivity contribution in [2.45, 2.75) is 12.5 Å². The van der Waals surface area contributed by atoms with E-state index in [1.165, 1.54) is 0 Å². The molecule has 12 heavy (non-hydrogen) atoms. The number of rotatable bonds is 2. The second-order valence-corrected chi connectivity index (χ2v) is 1.91. The van der Waals surface area contributed by atoms with Gasteiger partial charge in [0.25, 0.3) is 0 Å². The Hall–Kier alpha value is -1.27. The Kier molecular flexibility index (Phi) is 2.20. The molecule has 0 saturated carbocycles. The van der Waals surface area contributed by atoms with E-state index in [-0.39, 0.29) is 4.68 Å². The fraction of sp³-hybridized carbons (Fsp3) is 0.400. The Bertz CT molecular complexity index is 250. The summed E-state index contributed by atoms with van der Waals surface area (Å²) in [4.78, 5) is 3.31. The number of hydrogen-bond acceptors (Lipinski definition) is 2. The molecule has 0 amide bonds. The zero-order valence-corrected chi connectivity index (χ0v) is 5.66. The molecule has 0 bridgehead atoms. The summed E-state index contributed by atoms with van der Waals surface area (Å²) in [6.07, 6.45) is -1.40. The molecular weight excluding hydrogens is 178 g/mol. The van der Waals surface area contributed by atoms with Crippen LogP contribution in [-0.4, -0.2) is 16.5 Å². The summed E-state index contributed by atoms with van der Waals surface area (Å²) in [7, 11) is 0. The molecule has 0 aliphatic rings. The first-order chi connectivity index (χ1) is 5.55. The van der Waals surface area contributed by atoms with E-state index in [4.69, 9.17) is 0 Å². The van der Waals surface area contributed by atoms with E-state index in [2.05, 4.69) is 10.1 Å². The van der Waals surface area contributed by atoms with Gasteiger partial charge in [-0.15, -0.1) is 8.78 Å². The van der Waals surface area contributed by atoms with Crippen molar-refractivity contribution in [3.05, 3.63) is 18.7 Å². The van der Waals surface area contributed by atoms with Crippen LogP contribution in [0, 0.1) is 0 Å². The first-order valence-electron chi connectivity index (χ1n) is 2.89. The van der Waals surface area contributed by atoms with Gasteiger partial charge in [0.05, 0.1) is 6.20 Å². The molecule has 0 aromatic carbocycles. The molecule has 0 spiro atoms. The lowest BCUT2D eigenvalue weighted by Crippen LogP contribution is -2.57. The molecule has 3 nitrogen and oxygen atoms in total. The number of aromatic nitrogens is 3. The third kappa shape index (κ3) is 1.49. The fourth-order valence-corrected chi connectivity index (χ4v) is 0.540. The van der Waals surface area contributed by atoms with E-state index in [0.29, 0.717) is 6.20 Å². The van der Waals surface area contributed by atoms with Crippen molar-refractivity contribution in [3.8, 4) is 0 Å². The van der Waals surface area contributed by atoms with Gasteiger partial charge in [-0.3, -0.25) is 0 Å². The molecule has 1 heterocycles. The molecule has 0 atom stereocenters. The molecule has 1 rings (SSSR count). The van der Waals surface area contributed by atoms with Crippen LogP contribution in [0.15, 0.2) is 18.7 Å². The van der Waals surface area contributed by atoms with Crippen LogP contribution in [0.25, 0.3) is 0 Å². The van der Waals surface area contributed by atoms with Crippen molar-refractivity contribution >= 4 is 0 Å². The molecule has 0 aliphatic carbocycles. The Morgan fingerprint density at radius 2 is 2.00 bits per heavy atom. The van der Waals surface area contributed by atoms with Gasteiger partial charge in [0, 0.05) is 5.10 Å². The topological polar surface area (TPSA) is 29.7 Å². The Morgan fingerprint density at radius 3 is 2.42 bits per heavy atom. The van der Waals surface area contributed by atoms with Crippen LogP contribution in [0.2, 0.25) is 0 Å². The van der Waals surface area contributed by atoms with Crippen LogP contribution >= 0.6 is 0 Å². The van der Waals surface area contributed by atoms with E-state index < -0.39 is 12.5 Å². The summed E-state index contributed by atoms with van der Waals surface area (Å²) in [5.41, 5.74) is 0. The highest BCUT2D eigenvalue weighted by atomic mass is 19.3. The van der Waals surface area contributed by atoms with Gasteiger partial charge in [-0.05, 0) is 4.68 Å². The van der Waals surface area contributed by atoms with Crippen molar-refractivity contribution in [2.24, 2.45) is 0 Å². The minimum Gasteiger partial charge on any atom is -0.233 e. The van der Waals surface area contributed by atoms with Gasteiger partial charge in [-0.2, -0.15) is 8.78 Å². The second kappa shape index (κ2) is 3.00. The van der Waals surface area contributed by atoms with Crippen LogP contribution in [-0.2, 0) is 6.05 Å². The van der Waals surface area contributed by atoms with Gasteiger partial charge < -0.3 is 0 Å². The van der Waals surface area contributed by atoms with E-state index in [9.17, 15) is 17.6 Å². The maximum atomic E-state index is 12.4. The highest BCUT2D eigenvalue weighted by molar-refractivity contribution is 4.56. The van der Waals surface area contributed by atoms with Crippen LogP contribution in [0.1, 0.15) is 0 Å². The highest BCUT2D eigenvalue weighted by Gasteiger charge is 2.53. The quantitative estimate of drug-likeness (QED) is 0.494. The largest absolute Gasteiger partial charge is 0.548 e. The van der Waals surface area contributed by atoms with Crippen molar-refractivity contribution in [3.63, 3.8) is 0 Å². The molecule has 1 aromatic heterocycles. The Balaban J connectivity index is 2.98. The summed E-state index contributed by atoms with van der Waals surface area (Å²) >= 11 is 0. The normalized spacial score (nSPS) is 12.1. The van der Waals surface area contributed by atoms with Crippen molar-refractivity contribution in [1.82, 2.24) is 10.1 Å². The smallest absolute Gasteiger partial charge is 0.233 e. The third-order valence-electron chi connectivity index (χ3n) is 1.10. The molecule has 0 N–H and O–H groups in total. The molecule has 7 heteroatoms. The van der Waals surface area contributed by atoms with Crippen molar-refractivity contribution < 1.29 is 22.2 Å². The maximum Gasteiger partial charge on any atom is 0.548 e. The van der Waals surface area contributed by atoms with Gasteiger partial charge in [0.2, 0.25) is 6.20 Å². The molecule has 1 aromatic rings. The first kappa shape index (κ1) is 8.82. The summed E-state index contributed by atoms with van der Waals surface area (Å²) in [5, 5.41) is 2.95. The number of hydrogen-bond donors (Lipinski definition) is 0. The molecule has 0 fully saturated rings. The number of halogens is 4.